The van der Waals surface area contributed by atoms with Gasteiger partial charge < -0.3 is 9.64 Å². The lowest BCUT2D eigenvalue weighted by atomic mass is 10.2. The predicted octanol–water partition coefficient (Wildman–Crippen LogP) is 2.72. The van der Waals surface area contributed by atoms with Crippen LogP contribution in [0.4, 0.5) is 5.82 Å². The molecule has 0 N–H and O–H groups in total. The number of nitrogens with zero attached hydrogens (tertiary/aromatic N) is 2. The van der Waals surface area contributed by atoms with Crippen molar-refractivity contribution >= 4 is 12.1 Å². The van der Waals surface area contributed by atoms with Crippen molar-refractivity contribution in [3.8, 4) is 5.75 Å². The lowest BCUT2D eigenvalue weighted by molar-refractivity contribution is 0.112. The van der Waals surface area contributed by atoms with Crippen LogP contribution in [0.3, 0.4) is 0 Å². The van der Waals surface area contributed by atoms with Gasteiger partial charge in [-0.1, -0.05) is 6.07 Å². The zero-order chi connectivity index (χ0) is 14.4. The van der Waals surface area contributed by atoms with E-state index in [2.05, 4.69) is 4.98 Å². The van der Waals surface area contributed by atoms with Crippen LogP contribution in [-0.4, -0.2) is 31.5 Å². The first kappa shape index (κ1) is 14.1. The molecule has 4 nitrogen and oxygen atoms in total. The number of hydrogen-bond donors (Lipinski definition) is 0. The molecule has 0 radical (unpaired) electrons. The largest absolute Gasteiger partial charge is 0.492 e. The SMILES string of the molecule is Cc1ccc(N(C)CCOc2ccc(C=O)cc2)nc1. The topological polar surface area (TPSA) is 42.4 Å². The van der Waals surface area contributed by atoms with Crippen molar-refractivity contribution in [3.63, 3.8) is 0 Å². The van der Waals surface area contributed by atoms with E-state index in [0.717, 1.165) is 30.0 Å². The lowest BCUT2D eigenvalue weighted by Gasteiger charge is -2.18. The van der Waals surface area contributed by atoms with Crippen molar-refractivity contribution < 1.29 is 9.53 Å². The average molecular weight is 270 g/mol. The van der Waals surface area contributed by atoms with Crippen LogP contribution in [0, 0.1) is 6.92 Å². The Balaban J connectivity index is 1.82. The molecule has 0 aliphatic rings. The number of aryl methyl sites for hydroxylation is 1. The minimum Gasteiger partial charge on any atom is -0.492 e. The van der Waals surface area contributed by atoms with Crippen LogP contribution in [0.1, 0.15) is 15.9 Å². The molecule has 0 atom stereocenters. The highest BCUT2D eigenvalue weighted by atomic mass is 16.5. The molecule has 104 valence electrons. The van der Waals surface area contributed by atoms with Gasteiger partial charge in [0.25, 0.3) is 0 Å². The van der Waals surface area contributed by atoms with Crippen LogP contribution in [0.15, 0.2) is 42.6 Å². The van der Waals surface area contributed by atoms with Gasteiger partial charge in [0.1, 0.15) is 24.5 Å². The smallest absolute Gasteiger partial charge is 0.150 e. The van der Waals surface area contributed by atoms with Gasteiger partial charge in [-0.05, 0) is 42.8 Å². The predicted molar refractivity (Wildman–Crippen MR) is 79.6 cm³/mol. The van der Waals surface area contributed by atoms with Crippen molar-refractivity contribution in [2.45, 2.75) is 6.92 Å². The molecular formula is C16H18N2O2. The van der Waals surface area contributed by atoms with Gasteiger partial charge in [-0.2, -0.15) is 0 Å². The third kappa shape index (κ3) is 3.82. The maximum Gasteiger partial charge on any atom is 0.150 e. The highest BCUT2D eigenvalue weighted by Gasteiger charge is 2.02. The molecular weight excluding hydrogens is 252 g/mol. The molecule has 1 heterocycles. The molecule has 0 saturated carbocycles. The number of anilines is 1. The van der Waals surface area contributed by atoms with Gasteiger partial charge in [-0.15, -0.1) is 0 Å². The number of ether oxygens (including phenoxy) is 1. The molecule has 1 aromatic carbocycles. The Labute approximate surface area is 119 Å². The molecule has 4 heteroatoms. The van der Waals surface area contributed by atoms with Gasteiger partial charge in [0.05, 0.1) is 6.54 Å². The fraction of sp³-hybridized carbons (Fsp3) is 0.250. The van der Waals surface area contributed by atoms with Crippen molar-refractivity contribution in [1.82, 2.24) is 4.98 Å². The summed E-state index contributed by atoms with van der Waals surface area (Å²) < 4.78 is 5.64. The fourth-order valence-corrected chi connectivity index (χ4v) is 1.74. The summed E-state index contributed by atoms with van der Waals surface area (Å²) in [7, 11) is 1.98. The van der Waals surface area contributed by atoms with E-state index in [1.165, 1.54) is 0 Å². The number of carbonyl (C=O) groups is 1. The molecule has 0 unspecified atom stereocenters. The van der Waals surface area contributed by atoms with Crippen LogP contribution in [0.2, 0.25) is 0 Å². The van der Waals surface area contributed by atoms with Crippen LogP contribution in [-0.2, 0) is 0 Å². The third-order valence-corrected chi connectivity index (χ3v) is 3.00. The molecule has 0 aliphatic heterocycles. The fourth-order valence-electron chi connectivity index (χ4n) is 1.74. The molecule has 0 fully saturated rings. The Kier molecular flexibility index (Phi) is 4.71. The monoisotopic (exact) mass is 270 g/mol. The third-order valence-electron chi connectivity index (χ3n) is 3.00. The number of carbonyl (C=O) groups excluding carboxylic acids is 1. The summed E-state index contributed by atoms with van der Waals surface area (Å²) in [5, 5.41) is 0. The molecule has 20 heavy (non-hydrogen) atoms. The van der Waals surface area contributed by atoms with Crippen molar-refractivity contribution in [1.29, 1.82) is 0 Å². The first-order valence-corrected chi connectivity index (χ1v) is 6.51. The van der Waals surface area contributed by atoms with Crippen LogP contribution >= 0.6 is 0 Å². The molecule has 0 amide bonds. The second-order valence-electron chi connectivity index (χ2n) is 4.65. The molecule has 0 aliphatic carbocycles. The van der Waals surface area contributed by atoms with E-state index in [-0.39, 0.29) is 0 Å². The van der Waals surface area contributed by atoms with Gasteiger partial charge >= 0.3 is 0 Å². The summed E-state index contributed by atoms with van der Waals surface area (Å²) in [4.78, 5) is 16.9. The number of aromatic nitrogens is 1. The molecule has 0 spiro atoms. The summed E-state index contributed by atoms with van der Waals surface area (Å²) in [6.07, 6.45) is 2.67. The summed E-state index contributed by atoms with van der Waals surface area (Å²) in [5.41, 5.74) is 1.80. The van der Waals surface area contributed by atoms with Crippen LogP contribution < -0.4 is 9.64 Å². The average Bonchev–Trinajstić information content (AvgIpc) is 2.48. The number of rotatable bonds is 6. The Morgan fingerprint density at radius 3 is 2.55 bits per heavy atom. The molecule has 0 saturated heterocycles. The Morgan fingerprint density at radius 2 is 1.95 bits per heavy atom. The van der Waals surface area contributed by atoms with Crippen LogP contribution in [0.5, 0.6) is 5.75 Å². The number of benzene rings is 1. The summed E-state index contributed by atoms with van der Waals surface area (Å²) in [6, 6.07) is 11.1. The van der Waals surface area contributed by atoms with Crippen LogP contribution in [0.25, 0.3) is 0 Å². The minimum atomic E-state index is 0.562. The Hall–Kier alpha value is -2.36. The second-order valence-corrected chi connectivity index (χ2v) is 4.65. The van der Waals surface area contributed by atoms with E-state index in [1.54, 1.807) is 24.3 Å². The van der Waals surface area contributed by atoms with Crippen molar-refractivity contribution in [2.75, 3.05) is 25.1 Å². The number of aldehydes is 1. The zero-order valence-corrected chi connectivity index (χ0v) is 11.7. The Morgan fingerprint density at radius 1 is 1.20 bits per heavy atom. The highest BCUT2D eigenvalue weighted by Crippen LogP contribution is 2.12. The maximum atomic E-state index is 10.5. The van der Waals surface area contributed by atoms with E-state index in [4.69, 9.17) is 4.74 Å². The van der Waals surface area contributed by atoms with Gasteiger partial charge in [0.15, 0.2) is 0 Å². The van der Waals surface area contributed by atoms with Crippen molar-refractivity contribution in [2.24, 2.45) is 0 Å². The number of likely N-dealkylation sites (N-methyl/N-ethyl adjacent to an activating group) is 1. The molecule has 0 bridgehead atoms. The van der Waals surface area contributed by atoms with Gasteiger partial charge in [-0.3, -0.25) is 4.79 Å². The maximum absolute atomic E-state index is 10.5. The zero-order valence-electron chi connectivity index (χ0n) is 11.7. The van der Waals surface area contributed by atoms with Gasteiger partial charge in [0.2, 0.25) is 0 Å². The van der Waals surface area contributed by atoms with Crippen molar-refractivity contribution in [3.05, 3.63) is 53.7 Å². The summed E-state index contributed by atoms with van der Waals surface area (Å²) in [6.45, 7) is 3.32. The van der Waals surface area contributed by atoms with E-state index in [1.807, 2.05) is 37.2 Å². The first-order chi connectivity index (χ1) is 9.69. The Bertz CT molecular complexity index is 550. The summed E-state index contributed by atoms with van der Waals surface area (Å²) >= 11 is 0. The first-order valence-electron chi connectivity index (χ1n) is 6.51. The quantitative estimate of drug-likeness (QED) is 0.757. The van der Waals surface area contributed by atoms with Gasteiger partial charge in [0, 0.05) is 18.8 Å². The summed E-state index contributed by atoms with van der Waals surface area (Å²) in [5.74, 6) is 1.69. The lowest BCUT2D eigenvalue weighted by Crippen LogP contribution is -2.24. The normalized spacial score (nSPS) is 10.1. The van der Waals surface area contributed by atoms with E-state index in [9.17, 15) is 4.79 Å². The van der Waals surface area contributed by atoms with E-state index >= 15 is 0 Å². The van der Waals surface area contributed by atoms with E-state index in [0.29, 0.717) is 12.2 Å². The molecule has 1 aromatic heterocycles. The van der Waals surface area contributed by atoms with Gasteiger partial charge in [-0.25, -0.2) is 4.98 Å². The highest BCUT2D eigenvalue weighted by molar-refractivity contribution is 5.74. The molecule has 2 rings (SSSR count). The van der Waals surface area contributed by atoms with E-state index < -0.39 is 0 Å². The number of hydrogen-bond acceptors (Lipinski definition) is 4. The number of pyridine rings is 1. The molecule has 2 aromatic rings. The minimum absolute atomic E-state index is 0.562. The second kappa shape index (κ2) is 6.70. The standard InChI is InChI=1S/C16H18N2O2/c1-13-3-8-16(17-11-13)18(2)9-10-20-15-6-4-14(12-19)5-7-15/h3-8,11-12H,9-10H2,1-2H3.